The smallest absolute Gasteiger partial charge is 0.220 e. The molecule has 6 nitrogen and oxygen atoms in total. The lowest BCUT2D eigenvalue weighted by Gasteiger charge is -2.17. The van der Waals surface area contributed by atoms with Gasteiger partial charge in [-0.15, -0.1) is 0 Å². The van der Waals surface area contributed by atoms with Crippen molar-refractivity contribution in [1.82, 2.24) is 9.97 Å². The number of aromatic nitrogens is 2. The highest BCUT2D eigenvalue weighted by molar-refractivity contribution is 5.94. The minimum atomic E-state index is 0.416. The Morgan fingerprint density at radius 1 is 0.460 bits per heavy atom. The molecule has 7 aromatic rings. The molecule has 2 aromatic heterocycles. The molecule has 0 bridgehead atoms. The first-order valence-electron chi connectivity index (χ1n) is 15.7. The maximum Gasteiger partial charge on any atom is 0.220 e. The van der Waals surface area contributed by atoms with Crippen molar-refractivity contribution >= 4 is 11.4 Å². The second-order valence-electron chi connectivity index (χ2n) is 11.4. The fraction of sp³-hybridized carbons (Fsp3) is 0. The van der Waals surface area contributed by atoms with Crippen molar-refractivity contribution in [2.24, 2.45) is 0 Å². The van der Waals surface area contributed by atoms with Crippen LogP contribution in [0, 0.1) is 35.8 Å². The number of nitriles is 2. The number of hydrogen-bond acceptors (Lipinski definition) is 4. The highest BCUT2D eigenvalue weighted by atomic mass is 14.8. The van der Waals surface area contributed by atoms with Gasteiger partial charge in [0.1, 0.15) is 6.07 Å². The molecule has 0 saturated heterocycles. The van der Waals surface area contributed by atoms with Gasteiger partial charge in [0.05, 0.1) is 53.1 Å². The van der Waals surface area contributed by atoms with E-state index in [4.69, 9.17) is 23.1 Å². The van der Waals surface area contributed by atoms with Crippen LogP contribution in [0.3, 0.4) is 0 Å². The fourth-order valence-corrected chi connectivity index (χ4v) is 6.01. The van der Waals surface area contributed by atoms with Crippen molar-refractivity contribution in [1.29, 1.82) is 10.5 Å². The Labute approximate surface area is 290 Å². The third-order valence-corrected chi connectivity index (χ3v) is 8.44. The van der Waals surface area contributed by atoms with Crippen molar-refractivity contribution in [2.45, 2.75) is 0 Å². The standard InChI is InChI=1S/C44H24N6/c1-47-34-23-21-31(22-24-34)38-26-41(50-43(44(38)48-2)33-13-7-4-8-14-33)36-16-10-9-15-35(36)40-25-37(30-19-17-29(27-45)18-20-30)39(28-46)42(49-40)32-11-5-3-6-12-32/h3-26H. The molecule has 0 aliphatic heterocycles. The summed E-state index contributed by atoms with van der Waals surface area (Å²) in [5.41, 5.74) is 10.4. The molecule has 0 N–H and O–H groups in total. The molecule has 6 heteroatoms. The first-order chi connectivity index (χ1) is 24.6. The quantitative estimate of drug-likeness (QED) is 0.170. The first-order valence-corrected chi connectivity index (χ1v) is 15.7. The monoisotopic (exact) mass is 636 g/mol. The average molecular weight is 637 g/mol. The van der Waals surface area contributed by atoms with Crippen LogP contribution in [0.2, 0.25) is 0 Å². The molecular formula is C44H24N6. The molecule has 0 aliphatic rings. The molecule has 50 heavy (non-hydrogen) atoms. The molecule has 0 fully saturated rings. The summed E-state index contributed by atoms with van der Waals surface area (Å²) in [5, 5.41) is 19.9. The van der Waals surface area contributed by atoms with E-state index in [0.29, 0.717) is 56.4 Å². The Bertz CT molecular complexity index is 2360. The Morgan fingerprint density at radius 3 is 1.50 bits per heavy atom. The van der Waals surface area contributed by atoms with Crippen molar-refractivity contribution in [3.05, 3.63) is 180 Å². The second kappa shape index (κ2) is 13.6. The van der Waals surface area contributed by atoms with Gasteiger partial charge in [-0.05, 0) is 46.5 Å². The van der Waals surface area contributed by atoms with Crippen LogP contribution in [-0.4, -0.2) is 9.97 Å². The van der Waals surface area contributed by atoms with Crippen LogP contribution in [0.1, 0.15) is 11.1 Å². The number of rotatable bonds is 6. The third-order valence-electron chi connectivity index (χ3n) is 8.44. The van der Waals surface area contributed by atoms with Gasteiger partial charge >= 0.3 is 0 Å². The molecule has 2 heterocycles. The molecule has 0 amide bonds. The number of nitrogens with zero attached hydrogens (tertiary/aromatic N) is 6. The van der Waals surface area contributed by atoms with Gasteiger partial charge in [-0.25, -0.2) is 14.7 Å². The van der Waals surface area contributed by atoms with Crippen LogP contribution in [0.15, 0.2) is 146 Å². The van der Waals surface area contributed by atoms with Gasteiger partial charge in [0.2, 0.25) is 5.69 Å². The van der Waals surface area contributed by atoms with E-state index in [0.717, 1.165) is 33.4 Å². The molecule has 7 rings (SSSR count). The van der Waals surface area contributed by atoms with Crippen molar-refractivity contribution in [3.8, 4) is 79.4 Å². The van der Waals surface area contributed by atoms with Crippen LogP contribution < -0.4 is 0 Å². The van der Waals surface area contributed by atoms with E-state index in [-0.39, 0.29) is 0 Å². The van der Waals surface area contributed by atoms with Crippen LogP contribution in [0.5, 0.6) is 0 Å². The summed E-state index contributed by atoms with van der Waals surface area (Å²) in [6.45, 7) is 15.6. The topological polar surface area (TPSA) is 82.1 Å². The Hall–Kier alpha value is -7.64. The van der Waals surface area contributed by atoms with E-state index in [2.05, 4.69) is 21.8 Å². The Kier molecular flexibility index (Phi) is 8.43. The van der Waals surface area contributed by atoms with Crippen LogP contribution in [-0.2, 0) is 0 Å². The summed E-state index contributed by atoms with van der Waals surface area (Å²) in [4.78, 5) is 17.8. The predicted octanol–water partition coefficient (Wildman–Crippen LogP) is 11.3. The molecule has 0 saturated carbocycles. The SMILES string of the molecule is [C-]#[N+]c1ccc(-c2cc(-c3ccccc3-c3cc(-c4ccc(C#N)cc4)c(C#N)c(-c4ccccc4)n3)nc(-c3ccccc3)c2[N+]#[C-])cc1. The lowest BCUT2D eigenvalue weighted by atomic mass is 9.91. The van der Waals surface area contributed by atoms with Gasteiger partial charge in [-0.1, -0.05) is 121 Å². The molecule has 230 valence electrons. The summed E-state index contributed by atoms with van der Waals surface area (Å²) >= 11 is 0. The number of hydrogen-bond donors (Lipinski definition) is 0. The minimum absolute atomic E-state index is 0.416. The Morgan fingerprint density at radius 2 is 0.960 bits per heavy atom. The lowest BCUT2D eigenvalue weighted by molar-refractivity contribution is 1.29. The molecule has 5 aromatic carbocycles. The highest BCUT2D eigenvalue weighted by Crippen LogP contribution is 2.43. The Balaban J connectivity index is 1.51. The largest absolute Gasteiger partial charge is 0.259 e. The van der Waals surface area contributed by atoms with Gasteiger partial charge in [-0.2, -0.15) is 10.5 Å². The maximum absolute atomic E-state index is 10.5. The summed E-state index contributed by atoms with van der Waals surface area (Å²) in [6.07, 6.45) is 0. The molecule has 0 radical (unpaired) electrons. The zero-order chi connectivity index (χ0) is 34.5. The van der Waals surface area contributed by atoms with Gasteiger partial charge in [0, 0.05) is 22.3 Å². The lowest BCUT2D eigenvalue weighted by Crippen LogP contribution is -1.99. The maximum atomic E-state index is 10.5. The normalized spacial score (nSPS) is 10.3. The van der Waals surface area contributed by atoms with Gasteiger partial charge in [-0.3, -0.25) is 4.98 Å². The number of benzene rings is 5. The van der Waals surface area contributed by atoms with Crippen molar-refractivity contribution in [3.63, 3.8) is 0 Å². The summed E-state index contributed by atoms with van der Waals surface area (Å²) in [7, 11) is 0. The molecular weight excluding hydrogens is 613 g/mol. The van der Waals surface area contributed by atoms with Gasteiger partial charge in [0.25, 0.3) is 0 Å². The summed E-state index contributed by atoms with van der Waals surface area (Å²) < 4.78 is 0. The van der Waals surface area contributed by atoms with E-state index in [9.17, 15) is 10.5 Å². The third kappa shape index (κ3) is 5.85. The van der Waals surface area contributed by atoms with E-state index in [1.165, 1.54) is 0 Å². The van der Waals surface area contributed by atoms with Crippen molar-refractivity contribution < 1.29 is 0 Å². The molecule has 0 aliphatic carbocycles. The number of pyridine rings is 2. The van der Waals surface area contributed by atoms with E-state index >= 15 is 0 Å². The average Bonchev–Trinajstić information content (AvgIpc) is 3.20. The van der Waals surface area contributed by atoms with Crippen LogP contribution in [0.25, 0.3) is 77.0 Å². The van der Waals surface area contributed by atoms with E-state index in [1.807, 2.05) is 121 Å². The summed E-state index contributed by atoms with van der Waals surface area (Å²) in [6, 6.07) is 50.0. The van der Waals surface area contributed by atoms with E-state index < -0.39 is 0 Å². The molecule has 0 spiro atoms. The van der Waals surface area contributed by atoms with Gasteiger partial charge in [0.15, 0.2) is 5.69 Å². The predicted molar refractivity (Wildman–Crippen MR) is 197 cm³/mol. The highest BCUT2D eigenvalue weighted by Gasteiger charge is 2.22. The first kappa shape index (κ1) is 31.0. The zero-order valence-corrected chi connectivity index (χ0v) is 26.5. The van der Waals surface area contributed by atoms with Crippen LogP contribution >= 0.6 is 0 Å². The molecule has 0 unspecified atom stereocenters. The van der Waals surface area contributed by atoms with E-state index in [1.54, 1.807) is 24.3 Å². The second-order valence-corrected chi connectivity index (χ2v) is 11.4. The zero-order valence-electron chi connectivity index (χ0n) is 26.5. The van der Waals surface area contributed by atoms with Crippen molar-refractivity contribution in [2.75, 3.05) is 0 Å². The molecule has 0 atom stereocenters. The van der Waals surface area contributed by atoms with Crippen LogP contribution in [0.4, 0.5) is 11.4 Å². The van der Waals surface area contributed by atoms with Gasteiger partial charge < -0.3 is 0 Å². The fourth-order valence-electron chi connectivity index (χ4n) is 6.01. The summed E-state index contributed by atoms with van der Waals surface area (Å²) in [5.74, 6) is 0. The minimum Gasteiger partial charge on any atom is -0.259 e.